The second-order valence-corrected chi connectivity index (χ2v) is 5.27. The average molecular weight is 230 g/mol. The summed E-state index contributed by atoms with van der Waals surface area (Å²) in [5, 5.41) is 0. The van der Waals surface area contributed by atoms with Gasteiger partial charge in [-0.15, -0.1) is 0 Å². The van der Waals surface area contributed by atoms with Crippen LogP contribution >= 0.6 is 0 Å². The van der Waals surface area contributed by atoms with Crippen molar-refractivity contribution < 1.29 is 9.53 Å². The van der Waals surface area contributed by atoms with Gasteiger partial charge in [0.1, 0.15) is 5.75 Å². The van der Waals surface area contributed by atoms with Crippen LogP contribution in [-0.4, -0.2) is 5.97 Å². The maximum absolute atomic E-state index is 11.5. The molecule has 0 saturated heterocycles. The number of hydrogen-bond donors (Lipinski definition) is 0. The van der Waals surface area contributed by atoms with Crippen molar-refractivity contribution in [2.45, 2.75) is 50.9 Å². The topological polar surface area (TPSA) is 26.3 Å². The highest BCUT2D eigenvalue weighted by molar-refractivity contribution is 5.85. The highest BCUT2D eigenvalue weighted by atomic mass is 16.5. The lowest BCUT2D eigenvalue weighted by molar-refractivity contribution is -0.133. The molecule has 1 aliphatic carbocycles. The summed E-state index contributed by atoms with van der Waals surface area (Å²) >= 11 is 0. The molecule has 1 aliphatic heterocycles. The smallest absolute Gasteiger partial charge is 0.318 e. The van der Waals surface area contributed by atoms with Crippen molar-refractivity contribution in [3.8, 4) is 5.75 Å². The van der Waals surface area contributed by atoms with Gasteiger partial charge in [-0.2, -0.15) is 0 Å². The molecule has 1 aromatic rings. The Morgan fingerprint density at radius 1 is 1.18 bits per heavy atom. The lowest BCUT2D eigenvalue weighted by Crippen LogP contribution is -2.05. The molecule has 17 heavy (non-hydrogen) atoms. The lowest BCUT2D eigenvalue weighted by Gasteiger charge is -2.22. The standard InChI is InChI=1S/C15H18O2/c1-10-13-8-7-12(9-14(13)17-15(10)16)11-5-3-2-4-6-11/h7-11H,2-6H2,1H3/t10-/m0/s1. The van der Waals surface area contributed by atoms with Crippen LogP contribution in [0.3, 0.4) is 0 Å². The fourth-order valence-electron chi connectivity index (χ4n) is 3.01. The van der Waals surface area contributed by atoms with Crippen LogP contribution in [0, 0.1) is 0 Å². The monoisotopic (exact) mass is 230 g/mol. The van der Waals surface area contributed by atoms with E-state index in [1.165, 1.54) is 37.7 Å². The van der Waals surface area contributed by atoms with Crippen LogP contribution in [0.25, 0.3) is 0 Å². The molecule has 1 fully saturated rings. The number of fused-ring (bicyclic) bond motifs is 1. The minimum Gasteiger partial charge on any atom is -0.426 e. The van der Waals surface area contributed by atoms with Gasteiger partial charge in [0.2, 0.25) is 0 Å². The van der Waals surface area contributed by atoms with Gasteiger partial charge in [-0.3, -0.25) is 4.79 Å². The number of ether oxygens (including phenoxy) is 1. The van der Waals surface area contributed by atoms with E-state index < -0.39 is 0 Å². The zero-order valence-electron chi connectivity index (χ0n) is 10.2. The van der Waals surface area contributed by atoms with Gasteiger partial charge < -0.3 is 4.74 Å². The predicted octanol–water partition coefficient (Wildman–Crippen LogP) is 3.76. The zero-order valence-corrected chi connectivity index (χ0v) is 10.2. The average Bonchev–Trinajstić information content (AvgIpc) is 2.66. The molecule has 1 saturated carbocycles. The Morgan fingerprint density at radius 3 is 2.71 bits per heavy atom. The SMILES string of the molecule is C[C@@H]1C(=O)Oc2cc(C3CCCCC3)ccc21. The first-order chi connectivity index (χ1) is 8.25. The van der Waals surface area contributed by atoms with Crippen LogP contribution in [0.2, 0.25) is 0 Å². The van der Waals surface area contributed by atoms with Crippen LogP contribution in [-0.2, 0) is 4.79 Å². The second-order valence-electron chi connectivity index (χ2n) is 5.27. The second kappa shape index (κ2) is 4.17. The Balaban J connectivity index is 1.89. The van der Waals surface area contributed by atoms with E-state index in [2.05, 4.69) is 18.2 Å². The summed E-state index contributed by atoms with van der Waals surface area (Å²) in [4.78, 5) is 11.5. The molecule has 2 aliphatic rings. The van der Waals surface area contributed by atoms with Gasteiger partial charge >= 0.3 is 5.97 Å². The summed E-state index contributed by atoms with van der Waals surface area (Å²) < 4.78 is 5.31. The number of rotatable bonds is 1. The molecule has 3 rings (SSSR count). The summed E-state index contributed by atoms with van der Waals surface area (Å²) in [7, 11) is 0. The minimum atomic E-state index is -0.110. The van der Waals surface area contributed by atoms with Crippen LogP contribution in [0.1, 0.15) is 62.0 Å². The van der Waals surface area contributed by atoms with E-state index in [1.54, 1.807) is 0 Å². The molecule has 1 atom stereocenters. The van der Waals surface area contributed by atoms with Gasteiger partial charge in [0.05, 0.1) is 5.92 Å². The molecule has 0 radical (unpaired) electrons. The molecule has 0 unspecified atom stereocenters. The molecular formula is C15H18O2. The van der Waals surface area contributed by atoms with Crippen molar-refractivity contribution in [1.29, 1.82) is 0 Å². The number of benzene rings is 1. The van der Waals surface area contributed by atoms with E-state index in [-0.39, 0.29) is 11.9 Å². The van der Waals surface area contributed by atoms with Crippen LogP contribution in [0.4, 0.5) is 0 Å². The van der Waals surface area contributed by atoms with E-state index in [1.807, 2.05) is 6.92 Å². The first-order valence-corrected chi connectivity index (χ1v) is 6.61. The summed E-state index contributed by atoms with van der Waals surface area (Å²) in [5.41, 5.74) is 2.40. The van der Waals surface area contributed by atoms with Gasteiger partial charge in [0.25, 0.3) is 0 Å². The highest BCUT2D eigenvalue weighted by Gasteiger charge is 2.30. The molecule has 0 aromatic heterocycles. The Kier molecular flexibility index (Phi) is 2.65. The van der Waals surface area contributed by atoms with Crippen molar-refractivity contribution in [3.05, 3.63) is 29.3 Å². The quantitative estimate of drug-likeness (QED) is 0.542. The van der Waals surface area contributed by atoms with Crippen molar-refractivity contribution in [2.24, 2.45) is 0 Å². The first-order valence-electron chi connectivity index (χ1n) is 6.61. The fourth-order valence-corrected chi connectivity index (χ4v) is 3.01. The molecule has 2 nitrogen and oxygen atoms in total. The van der Waals surface area contributed by atoms with Crippen LogP contribution in [0.5, 0.6) is 5.75 Å². The Morgan fingerprint density at radius 2 is 1.94 bits per heavy atom. The first kappa shape index (κ1) is 10.8. The van der Waals surface area contributed by atoms with Crippen LogP contribution in [0.15, 0.2) is 18.2 Å². The third-order valence-electron chi connectivity index (χ3n) is 4.14. The van der Waals surface area contributed by atoms with E-state index in [4.69, 9.17) is 4.74 Å². The fraction of sp³-hybridized carbons (Fsp3) is 0.533. The summed E-state index contributed by atoms with van der Waals surface area (Å²) in [5.74, 6) is 1.26. The van der Waals surface area contributed by atoms with Gasteiger partial charge in [-0.1, -0.05) is 31.4 Å². The number of carbonyl (C=O) groups is 1. The third-order valence-corrected chi connectivity index (χ3v) is 4.14. The van der Waals surface area contributed by atoms with E-state index in [9.17, 15) is 4.79 Å². The molecule has 1 heterocycles. The molecular weight excluding hydrogens is 212 g/mol. The van der Waals surface area contributed by atoms with Crippen molar-refractivity contribution in [2.75, 3.05) is 0 Å². The predicted molar refractivity (Wildman–Crippen MR) is 66.3 cm³/mol. The van der Waals surface area contributed by atoms with Gasteiger partial charge in [-0.25, -0.2) is 0 Å². The van der Waals surface area contributed by atoms with E-state index in [0.717, 1.165) is 11.3 Å². The third kappa shape index (κ3) is 1.86. The minimum absolute atomic E-state index is 0.0922. The lowest BCUT2D eigenvalue weighted by atomic mass is 9.83. The largest absolute Gasteiger partial charge is 0.426 e. The molecule has 0 amide bonds. The Hall–Kier alpha value is -1.31. The Labute approximate surface area is 102 Å². The molecule has 2 heteroatoms. The maximum atomic E-state index is 11.5. The van der Waals surface area contributed by atoms with E-state index >= 15 is 0 Å². The number of hydrogen-bond acceptors (Lipinski definition) is 2. The van der Waals surface area contributed by atoms with Crippen molar-refractivity contribution in [3.63, 3.8) is 0 Å². The Bertz CT molecular complexity index is 444. The summed E-state index contributed by atoms with van der Waals surface area (Å²) in [6.45, 7) is 1.91. The van der Waals surface area contributed by atoms with Gasteiger partial charge in [0.15, 0.2) is 0 Å². The van der Waals surface area contributed by atoms with Gasteiger partial charge in [0, 0.05) is 5.56 Å². The van der Waals surface area contributed by atoms with Gasteiger partial charge in [-0.05, 0) is 37.3 Å². The molecule has 1 aromatic carbocycles. The molecule has 90 valence electrons. The van der Waals surface area contributed by atoms with Crippen molar-refractivity contribution in [1.82, 2.24) is 0 Å². The number of esters is 1. The molecule has 0 bridgehead atoms. The van der Waals surface area contributed by atoms with Crippen molar-refractivity contribution >= 4 is 5.97 Å². The summed E-state index contributed by atoms with van der Waals surface area (Å²) in [6.07, 6.45) is 6.59. The zero-order chi connectivity index (χ0) is 11.8. The highest BCUT2D eigenvalue weighted by Crippen LogP contribution is 2.39. The molecule has 0 N–H and O–H groups in total. The van der Waals surface area contributed by atoms with Crippen LogP contribution < -0.4 is 4.74 Å². The summed E-state index contributed by atoms with van der Waals surface area (Å²) in [6, 6.07) is 6.36. The normalized spacial score (nSPS) is 24.5. The number of carbonyl (C=O) groups excluding carboxylic acids is 1. The molecule has 0 spiro atoms. The van der Waals surface area contributed by atoms with E-state index in [0.29, 0.717) is 5.92 Å². The maximum Gasteiger partial charge on any atom is 0.318 e.